The van der Waals surface area contributed by atoms with Gasteiger partial charge in [-0.25, -0.2) is 14.4 Å². The summed E-state index contributed by atoms with van der Waals surface area (Å²) in [6, 6.07) is 10.2. The molecule has 0 atom stereocenters. The second-order valence-electron chi connectivity index (χ2n) is 8.30. The van der Waals surface area contributed by atoms with Crippen molar-refractivity contribution in [1.82, 2.24) is 24.4 Å². The third kappa shape index (κ3) is 5.74. The highest BCUT2D eigenvalue weighted by molar-refractivity contribution is 6.00. The van der Waals surface area contributed by atoms with E-state index in [4.69, 9.17) is 9.47 Å². The first kappa shape index (κ1) is 24.3. The average molecular weight is 504 g/mol. The van der Waals surface area contributed by atoms with Gasteiger partial charge in [-0.1, -0.05) is 6.08 Å². The number of nitrogens with one attached hydrogen (secondary N) is 2. The van der Waals surface area contributed by atoms with Crippen molar-refractivity contribution in [2.24, 2.45) is 0 Å². The number of morpholine rings is 1. The summed E-state index contributed by atoms with van der Waals surface area (Å²) in [6.07, 6.45) is 8.35. The maximum absolute atomic E-state index is 14.7. The Labute approximate surface area is 212 Å². The number of benzene rings is 1. The number of anilines is 3. The lowest BCUT2D eigenvalue weighted by molar-refractivity contribution is -0.111. The maximum Gasteiger partial charge on any atom is 0.248 e. The quantitative estimate of drug-likeness (QED) is 0.352. The van der Waals surface area contributed by atoms with Crippen LogP contribution in [0.1, 0.15) is 0 Å². The lowest BCUT2D eigenvalue weighted by Crippen LogP contribution is -2.36. The lowest BCUT2D eigenvalue weighted by Gasteiger charge is -2.25. The first-order valence-corrected chi connectivity index (χ1v) is 11.8. The number of hydrogen-bond acceptors (Lipinski definition) is 8. The van der Waals surface area contributed by atoms with Crippen molar-refractivity contribution in [1.29, 1.82) is 0 Å². The summed E-state index contributed by atoms with van der Waals surface area (Å²) in [6.45, 7) is 3.61. The Morgan fingerprint density at radius 3 is 2.86 bits per heavy atom. The number of carbonyl (C=O) groups excluding carboxylic acids is 1. The number of aromatic nitrogens is 4. The molecule has 5 rings (SSSR count). The van der Waals surface area contributed by atoms with Crippen LogP contribution in [-0.2, 0) is 9.53 Å². The van der Waals surface area contributed by atoms with Crippen molar-refractivity contribution < 1.29 is 18.7 Å². The molecule has 37 heavy (non-hydrogen) atoms. The van der Waals surface area contributed by atoms with Crippen LogP contribution >= 0.6 is 0 Å². The van der Waals surface area contributed by atoms with Crippen molar-refractivity contribution in [2.75, 3.05) is 50.6 Å². The van der Waals surface area contributed by atoms with Crippen molar-refractivity contribution >= 4 is 34.3 Å². The fourth-order valence-corrected chi connectivity index (χ4v) is 4.00. The van der Waals surface area contributed by atoms with Crippen LogP contribution in [0.15, 0.2) is 67.1 Å². The zero-order valence-corrected chi connectivity index (χ0v) is 20.2. The summed E-state index contributed by atoms with van der Waals surface area (Å²) >= 11 is 0. The van der Waals surface area contributed by atoms with E-state index >= 15 is 0 Å². The molecular weight excluding hydrogens is 477 g/mol. The zero-order valence-electron chi connectivity index (χ0n) is 20.2. The Balaban J connectivity index is 1.33. The Morgan fingerprint density at radius 2 is 2.03 bits per heavy atom. The van der Waals surface area contributed by atoms with Gasteiger partial charge in [-0.2, -0.15) is 4.98 Å². The standard InChI is InChI=1S/C26H26FN7O3/c1-36-22-16-19(27)20(30-24(35)5-3-10-33-12-14-37-15-13-33)17-21(22)31-26-29-9-6-23(32-26)34-11-7-18-4-2-8-28-25(18)34/h2-9,11,16-17H,10,12-15H2,1H3,(H,30,35)(H,29,31,32)/b5-3+. The Hall–Kier alpha value is -4.35. The molecule has 190 valence electrons. The summed E-state index contributed by atoms with van der Waals surface area (Å²) in [4.78, 5) is 27.9. The third-order valence-corrected chi connectivity index (χ3v) is 5.87. The van der Waals surface area contributed by atoms with Gasteiger partial charge in [0.15, 0.2) is 5.82 Å². The van der Waals surface area contributed by atoms with E-state index in [0.717, 1.165) is 24.1 Å². The molecule has 4 heterocycles. The van der Waals surface area contributed by atoms with E-state index in [0.29, 0.717) is 31.3 Å². The van der Waals surface area contributed by atoms with Crippen molar-refractivity contribution in [3.05, 3.63) is 73.0 Å². The number of halogens is 1. The molecule has 1 amide bonds. The number of methoxy groups -OCH3 is 1. The van der Waals surface area contributed by atoms with Crippen LogP contribution in [0.5, 0.6) is 5.75 Å². The van der Waals surface area contributed by atoms with Gasteiger partial charge in [0.05, 0.1) is 31.7 Å². The van der Waals surface area contributed by atoms with Gasteiger partial charge in [-0.15, -0.1) is 0 Å². The molecule has 0 unspecified atom stereocenters. The summed E-state index contributed by atoms with van der Waals surface area (Å²) in [5.41, 5.74) is 1.16. The van der Waals surface area contributed by atoms with E-state index in [9.17, 15) is 9.18 Å². The molecule has 1 saturated heterocycles. The van der Waals surface area contributed by atoms with Gasteiger partial charge in [0.25, 0.3) is 0 Å². The molecule has 0 bridgehead atoms. The van der Waals surface area contributed by atoms with Crippen LogP contribution in [-0.4, -0.2) is 70.3 Å². The van der Waals surface area contributed by atoms with Crippen LogP contribution in [0.3, 0.4) is 0 Å². The second-order valence-corrected chi connectivity index (χ2v) is 8.30. The number of nitrogens with zero attached hydrogens (tertiary/aromatic N) is 5. The highest BCUT2D eigenvalue weighted by Crippen LogP contribution is 2.32. The largest absolute Gasteiger partial charge is 0.494 e. The molecule has 11 heteroatoms. The lowest BCUT2D eigenvalue weighted by atomic mass is 10.2. The average Bonchev–Trinajstić information content (AvgIpc) is 3.35. The highest BCUT2D eigenvalue weighted by Gasteiger charge is 2.15. The van der Waals surface area contributed by atoms with Crippen molar-refractivity contribution in [3.63, 3.8) is 0 Å². The number of rotatable bonds is 8. The van der Waals surface area contributed by atoms with Crippen molar-refractivity contribution in [3.8, 4) is 11.6 Å². The minimum absolute atomic E-state index is 0.00100. The summed E-state index contributed by atoms with van der Waals surface area (Å²) in [5.74, 6) is 0.0416. The molecule has 0 radical (unpaired) electrons. The number of amides is 1. The summed E-state index contributed by atoms with van der Waals surface area (Å²) < 4.78 is 27.2. The van der Waals surface area contributed by atoms with Gasteiger partial charge >= 0.3 is 0 Å². The predicted octanol–water partition coefficient (Wildman–Crippen LogP) is 3.53. The maximum atomic E-state index is 14.7. The number of fused-ring (bicyclic) bond motifs is 1. The number of carbonyl (C=O) groups is 1. The molecule has 0 saturated carbocycles. The Morgan fingerprint density at radius 1 is 1.16 bits per heavy atom. The van der Waals surface area contributed by atoms with E-state index < -0.39 is 11.7 Å². The smallest absolute Gasteiger partial charge is 0.248 e. The van der Waals surface area contributed by atoms with E-state index in [1.807, 2.05) is 29.0 Å². The van der Waals surface area contributed by atoms with Crippen LogP contribution in [0.4, 0.5) is 21.7 Å². The van der Waals surface area contributed by atoms with Crippen LogP contribution in [0.2, 0.25) is 0 Å². The molecule has 10 nitrogen and oxygen atoms in total. The number of hydrogen-bond donors (Lipinski definition) is 2. The fraction of sp³-hybridized carbons (Fsp3) is 0.231. The van der Waals surface area contributed by atoms with E-state index in [2.05, 4.69) is 30.5 Å². The fourth-order valence-electron chi connectivity index (χ4n) is 4.00. The molecule has 0 spiro atoms. The van der Waals surface area contributed by atoms with Crippen LogP contribution in [0.25, 0.3) is 16.9 Å². The molecule has 4 aromatic rings. The summed E-state index contributed by atoms with van der Waals surface area (Å²) in [7, 11) is 1.43. The third-order valence-electron chi connectivity index (χ3n) is 5.87. The molecular formula is C26H26FN7O3. The molecule has 1 aliphatic rings. The highest BCUT2D eigenvalue weighted by atomic mass is 19.1. The van der Waals surface area contributed by atoms with Crippen molar-refractivity contribution in [2.45, 2.75) is 0 Å². The zero-order chi connectivity index (χ0) is 25.6. The molecule has 2 N–H and O–H groups in total. The number of pyridine rings is 1. The molecule has 1 aromatic carbocycles. The van der Waals surface area contributed by atoms with Gasteiger partial charge in [0.1, 0.15) is 17.2 Å². The minimum Gasteiger partial charge on any atom is -0.494 e. The Bertz CT molecular complexity index is 1430. The SMILES string of the molecule is COc1cc(F)c(NC(=O)/C=C/CN2CCOCC2)cc1Nc1nccc(-n2ccc3cccnc32)n1. The van der Waals surface area contributed by atoms with E-state index in [-0.39, 0.29) is 17.4 Å². The summed E-state index contributed by atoms with van der Waals surface area (Å²) in [5, 5.41) is 6.63. The molecule has 3 aromatic heterocycles. The normalized spacial score (nSPS) is 14.2. The monoisotopic (exact) mass is 503 g/mol. The van der Waals surface area contributed by atoms with Gasteiger partial charge in [-0.3, -0.25) is 14.3 Å². The van der Waals surface area contributed by atoms with Crippen LogP contribution in [0, 0.1) is 5.82 Å². The predicted molar refractivity (Wildman–Crippen MR) is 138 cm³/mol. The second kappa shape index (κ2) is 11.1. The first-order valence-electron chi connectivity index (χ1n) is 11.8. The van der Waals surface area contributed by atoms with Gasteiger partial charge in [0, 0.05) is 55.8 Å². The topological polar surface area (TPSA) is 106 Å². The number of ether oxygens (including phenoxy) is 2. The van der Waals surface area contributed by atoms with E-state index in [1.165, 1.54) is 25.3 Å². The minimum atomic E-state index is -0.628. The van der Waals surface area contributed by atoms with Crippen LogP contribution < -0.4 is 15.4 Å². The first-order chi connectivity index (χ1) is 18.1. The Kier molecular flexibility index (Phi) is 7.33. The van der Waals surface area contributed by atoms with E-state index in [1.54, 1.807) is 24.5 Å². The van der Waals surface area contributed by atoms with Gasteiger partial charge in [0.2, 0.25) is 11.9 Å². The van der Waals surface area contributed by atoms with Gasteiger partial charge < -0.3 is 20.1 Å². The molecule has 1 fully saturated rings. The molecule has 0 aliphatic carbocycles. The molecule has 1 aliphatic heterocycles. The van der Waals surface area contributed by atoms with Gasteiger partial charge in [-0.05, 0) is 30.3 Å².